The van der Waals surface area contributed by atoms with E-state index in [-0.39, 0.29) is 5.41 Å². The van der Waals surface area contributed by atoms with Crippen molar-refractivity contribution in [3.05, 3.63) is 126 Å². The van der Waals surface area contributed by atoms with E-state index in [0.29, 0.717) is 5.92 Å². The largest absolute Gasteiger partial charge is 0.258 e. The van der Waals surface area contributed by atoms with Crippen molar-refractivity contribution >= 4 is 0 Å². The highest BCUT2D eigenvalue weighted by atomic mass is 15.1. The highest BCUT2D eigenvalue weighted by Gasteiger charge is 2.42. The van der Waals surface area contributed by atoms with E-state index < -0.39 is 0 Å². The number of rotatable bonds is 18. The number of aromatic amines is 1. The van der Waals surface area contributed by atoms with Gasteiger partial charge in [0.2, 0.25) is 0 Å². The molecule has 0 saturated heterocycles. The summed E-state index contributed by atoms with van der Waals surface area (Å²) in [5.41, 5.74) is 4.14. The molecule has 1 N–H and O–H groups in total. The van der Waals surface area contributed by atoms with Crippen LogP contribution < -0.4 is 4.57 Å². The first-order valence-corrected chi connectivity index (χ1v) is 15.9. The third kappa shape index (κ3) is 8.68. The molecule has 1 aromatic heterocycles. The molecule has 0 bridgehead atoms. The van der Waals surface area contributed by atoms with Crippen molar-refractivity contribution in [3.63, 3.8) is 0 Å². The van der Waals surface area contributed by atoms with E-state index in [1.807, 2.05) is 0 Å². The van der Waals surface area contributed by atoms with Crippen LogP contribution in [0.4, 0.5) is 0 Å². The Kier molecular flexibility index (Phi) is 12.1. The molecule has 2 unspecified atom stereocenters. The van der Waals surface area contributed by atoms with E-state index in [1.165, 1.54) is 93.1 Å². The van der Waals surface area contributed by atoms with Gasteiger partial charge in [-0.2, -0.15) is 0 Å². The maximum absolute atomic E-state index is 3.74. The van der Waals surface area contributed by atoms with Gasteiger partial charge in [0.05, 0.1) is 5.92 Å². The first-order chi connectivity index (χ1) is 19.7. The maximum atomic E-state index is 3.74. The van der Waals surface area contributed by atoms with E-state index in [0.717, 1.165) is 13.0 Å². The summed E-state index contributed by atoms with van der Waals surface area (Å²) in [6, 6.07) is 33.2. The molecule has 3 aromatic carbocycles. The average molecular weight is 536 g/mol. The van der Waals surface area contributed by atoms with Crippen molar-refractivity contribution < 1.29 is 4.57 Å². The van der Waals surface area contributed by atoms with E-state index in [9.17, 15) is 0 Å². The van der Waals surface area contributed by atoms with Crippen LogP contribution in [0, 0.1) is 0 Å². The van der Waals surface area contributed by atoms with Crippen LogP contribution in [0.5, 0.6) is 0 Å². The highest BCUT2D eigenvalue weighted by molar-refractivity contribution is 5.32. The van der Waals surface area contributed by atoms with Crippen LogP contribution in [0.3, 0.4) is 0 Å². The standard InChI is InChI=1S/C38H50N2/c1-3-4-5-6-7-8-9-10-11-21-28-36(37-39-29-30-40(37)32-34-24-17-13-18-25-34)38(2,35-26-19-14-20-27-35)31-33-22-15-12-16-23-33/h12-20,22-27,29-30,36H,3-11,21,28,31-32H2,1-2H3/p+1. The van der Waals surface area contributed by atoms with E-state index in [1.54, 1.807) is 0 Å². The van der Waals surface area contributed by atoms with Crippen molar-refractivity contribution in [2.75, 3.05) is 0 Å². The summed E-state index contributed by atoms with van der Waals surface area (Å²) in [5.74, 6) is 1.73. The van der Waals surface area contributed by atoms with Crippen LogP contribution in [-0.2, 0) is 18.4 Å². The molecule has 0 amide bonds. The summed E-state index contributed by atoms with van der Waals surface area (Å²) in [6.07, 6.45) is 20.3. The number of aromatic nitrogens is 2. The molecule has 212 valence electrons. The van der Waals surface area contributed by atoms with Gasteiger partial charge in [0.25, 0.3) is 5.82 Å². The van der Waals surface area contributed by atoms with Gasteiger partial charge in [0.15, 0.2) is 0 Å². The lowest BCUT2D eigenvalue weighted by Crippen LogP contribution is -2.44. The molecule has 40 heavy (non-hydrogen) atoms. The second-order valence-electron chi connectivity index (χ2n) is 11.9. The zero-order valence-corrected chi connectivity index (χ0v) is 25.0. The summed E-state index contributed by atoms with van der Waals surface area (Å²) in [6.45, 7) is 5.70. The minimum absolute atomic E-state index is 0.0365. The Labute approximate surface area is 243 Å². The normalized spacial score (nSPS) is 13.7. The molecule has 0 radical (unpaired) electrons. The molecular formula is C38H51N2+. The number of benzene rings is 3. The van der Waals surface area contributed by atoms with E-state index in [4.69, 9.17) is 0 Å². The van der Waals surface area contributed by atoms with Crippen molar-refractivity contribution in [2.45, 2.75) is 109 Å². The Balaban J connectivity index is 1.54. The minimum Gasteiger partial charge on any atom is -0.247 e. The second kappa shape index (κ2) is 16.2. The molecule has 0 fully saturated rings. The number of H-pyrrole nitrogens is 1. The van der Waals surface area contributed by atoms with Gasteiger partial charge in [0, 0.05) is 5.41 Å². The van der Waals surface area contributed by atoms with Crippen LogP contribution >= 0.6 is 0 Å². The molecule has 0 aliphatic carbocycles. The van der Waals surface area contributed by atoms with Gasteiger partial charge in [-0.05, 0) is 29.5 Å². The van der Waals surface area contributed by atoms with Gasteiger partial charge in [-0.15, -0.1) is 0 Å². The van der Waals surface area contributed by atoms with Crippen molar-refractivity contribution in [2.24, 2.45) is 0 Å². The smallest absolute Gasteiger partial charge is 0.247 e. The SMILES string of the molecule is CCCCCCCCCCCCC(c1[nH]cc[n+]1Cc1ccccc1)C(C)(Cc1ccccc1)c1ccccc1. The van der Waals surface area contributed by atoms with Crippen LogP contribution in [0.25, 0.3) is 0 Å². The molecule has 2 atom stereocenters. The van der Waals surface area contributed by atoms with Crippen LogP contribution in [-0.4, -0.2) is 4.98 Å². The fourth-order valence-electron chi connectivity index (χ4n) is 6.45. The second-order valence-corrected chi connectivity index (χ2v) is 11.9. The Hall–Kier alpha value is -3.13. The predicted octanol–water partition coefficient (Wildman–Crippen LogP) is 9.95. The molecule has 0 saturated carbocycles. The number of nitrogens with zero attached hydrogens (tertiary/aromatic N) is 1. The first kappa shape index (κ1) is 29.8. The molecule has 0 aliphatic heterocycles. The monoisotopic (exact) mass is 535 g/mol. The molecule has 0 spiro atoms. The van der Waals surface area contributed by atoms with Gasteiger partial charge in [-0.25, -0.2) is 9.55 Å². The van der Waals surface area contributed by atoms with Crippen molar-refractivity contribution in [3.8, 4) is 0 Å². The van der Waals surface area contributed by atoms with Gasteiger partial charge in [-0.3, -0.25) is 0 Å². The zero-order chi connectivity index (χ0) is 27.9. The third-order valence-corrected chi connectivity index (χ3v) is 8.78. The fourth-order valence-corrected chi connectivity index (χ4v) is 6.45. The minimum atomic E-state index is -0.0365. The molecule has 4 rings (SSSR count). The summed E-state index contributed by atoms with van der Waals surface area (Å²) in [5, 5.41) is 0. The summed E-state index contributed by atoms with van der Waals surface area (Å²) in [7, 11) is 0. The molecule has 0 aliphatic rings. The Morgan fingerprint density at radius 1 is 0.650 bits per heavy atom. The van der Waals surface area contributed by atoms with E-state index in [2.05, 4.69) is 127 Å². The third-order valence-electron chi connectivity index (χ3n) is 8.78. The molecule has 2 heteroatoms. The molecule has 1 heterocycles. The van der Waals surface area contributed by atoms with Gasteiger partial charge in [-0.1, -0.05) is 169 Å². The summed E-state index contributed by atoms with van der Waals surface area (Å²) >= 11 is 0. The van der Waals surface area contributed by atoms with Crippen molar-refractivity contribution in [1.82, 2.24) is 4.98 Å². The van der Waals surface area contributed by atoms with Gasteiger partial charge >= 0.3 is 0 Å². The topological polar surface area (TPSA) is 19.7 Å². The molecule has 2 nitrogen and oxygen atoms in total. The summed E-state index contributed by atoms with van der Waals surface area (Å²) < 4.78 is 2.46. The highest BCUT2D eigenvalue weighted by Crippen LogP contribution is 2.43. The number of unbranched alkanes of at least 4 members (excludes halogenated alkanes) is 9. The van der Waals surface area contributed by atoms with E-state index >= 15 is 0 Å². The molecule has 4 aromatic rings. The lowest BCUT2D eigenvalue weighted by atomic mass is 9.66. The Bertz CT molecular complexity index is 1200. The number of hydrogen-bond acceptors (Lipinski definition) is 0. The van der Waals surface area contributed by atoms with Crippen LogP contribution in [0.15, 0.2) is 103 Å². The predicted molar refractivity (Wildman–Crippen MR) is 170 cm³/mol. The Morgan fingerprint density at radius 2 is 1.18 bits per heavy atom. The van der Waals surface area contributed by atoms with Gasteiger partial charge < -0.3 is 0 Å². The number of imidazole rings is 1. The maximum Gasteiger partial charge on any atom is 0.258 e. The molecular weight excluding hydrogens is 484 g/mol. The lowest BCUT2D eigenvalue weighted by Gasteiger charge is -2.37. The quantitative estimate of drug-likeness (QED) is 0.0966. The van der Waals surface area contributed by atoms with Crippen LogP contribution in [0.2, 0.25) is 0 Å². The number of nitrogens with one attached hydrogen (secondary N) is 1. The summed E-state index contributed by atoms with van der Waals surface area (Å²) in [4.78, 5) is 3.74. The average Bonchev–Trinajstić information content (AvgIpc) is 3.44. The first-order valence-electron chi connectivity index (χ1n) is 15.9. The zero-order valence-electron chi connectivity index (χ0n) is 25.0. The fraction of sp³-hybridized carbons (Fsp3) is 0.447. The Morgan fingerprint density at radius 3 is 1.77 bits per heavy atom. The van der Waals surface area contributed by atoms with Crippen LogP contribution in [0.1, 0.15) is 113 Å². The number of hydrogen-bond donors (Lipinski definition) is 1. The lowest BCUT2D eigenvalue weighted by molar-refractivity contribution is -0.696. The van der Waals surface area contributed by atoms with Crippen molar-refractivity contribution in [1.29, 1.82) is 0 Å². The van der Waals surface area contributed by atoms with Gasteiger partial charge in [0.1, 0.15) is 18.9 Å².